The number of aromatic nitrogens is 2. The van der Waals surface area contributed by atoms with Gasteiger partial charge in [0, 0.05) is 17.4 Å². The fourth-order valence-corrected chi connectivity index (χ4v) is 5.35. The lowest BCUT2D eigenvalue weighted by Crippen LogP contribution is -2.29. The van der Waals surface area contributed by atoms with Gasteiger partial charge in [-0.2, -0.15) is 0 Å². The van der Waals surface area contributed by atoms with Crippen molar-refractivity contribution in [2.75, 3.05) is 10.6 Å². The molecule has 0 aliphatic heterocycles. The summed E-state index contributed by atoms with van der Waals surface area (Å²) in [5, 5.41) is 16.3. The van der Waals surface area contributed by atoms with Crippen LogP contribution >= 0.6 is 0 Å². The molecule has 6 nitrogen and oxygen atoms in total. The van der Waals surface area contributed by atoms with Crippen LogP contribution in [-0.4, -0.2) is 26.2 Å². The largest absolute Gasteiger partial charge is 0.380 e. The first-order valence-corrected chi connectivity index (χ1v) is 11.6. The van der Waals surface area contributed by atoms with Crippen LogP contribution in [0, 0.1) is 11.3 Å². The predicted molar refractivity (Wildman–Crippen MR) is 128 cm³/mol. The molecule has 5 rings (SSSR count). The summed E-state index contributed by atoms with van der Waals surface area (Å²) in [7, 11) is 0. The molecule has 2 aliphatic rings. The highest BCUT2D eigenvalue weighted by atomic mass is 16.3. The summed E-state index contributed by atoms with van der Waals surface area (Å²) >= 11 is 0. The summed E-state index contributed by atoms with van der Waals surface area (Å²) < 4.78 is 2.38. The maximum atomic E-state index is 12.1. The van der Waals surface area contributed by atoms with Crippen LogP contribution in [0.15, 0.2) is 48.5 Å². The number of nitrogens with one attached hydrogen (secondary N) is 2. The molecule has 3 aromatic rings. The summed E-state index contributed by atoms with van der Waals surface area (Å²) in [5.74, 6) is 1.20. The van der Waals surface area contributed by atoms with Crippen LogP contribution in [0.1, 0.15) is 58.9 Å². The number of anilines is 3. The van der Waals surface area contributed by atoms with Crippen LogP contribution < -0.4 is 10.6 Å². The van der Waals surface area contributed by atoms with E-state index in [0.717, 1.165) is 35.5 Å². The number of para-hydroxylation sites is 2. The summed E-state index contributed by atoms with van der Waals surface area (Å²) in [6, 6.07) is 16.3. The molecule has 6 heteroatoms. The van der Waals surface area contributed by atoms with Crippen LogP contribution in [0.2, 0.25) is 0 Å². The van der Waals surface area contributed by atoms with Gasteiger partial charge in [-0.25, -0.2) is 4.98 Å². The maximum absolute atomic E-state index is 12.1. The minimum absolute atomic E-state index is 0.302. The van der Waals surface area contributed by atoms with Gasteiger partial charge < -0.3 is 20.3 Å². The minimum atomic E-state index is -1.17. The topological polar surface area (TPSA) is 79.2 Å². The third kappa shape index (κ3) is 4.11. The van der Waals surface area contributed by atoms with Gasteiger partial charge in [-0.05, 0) is 79.8 Å². The maximum Gasteiger partial charge on any atom is 0.256 e. The Morgan fingerprint density at radius 2 is 1.75 bits per heavy atom. The fourth-order valence-electron chi connectivity index (χ4n) is 5.35. The molecule has 168 valence electrons. The van der Waals surface area contributed by atoms with Crippen molar-refractivity contribution in [2.45, 2.75) is 64.5 Å². The van der Waals surface area contributed by atoms with Crippen LogP contribution in [0.5, 0.6) is 0 Å². The average Bonchev–Trinajstić information content (AvgIpc) is 3.38. The van der Waals surface area contributed by atoms with E-state index in [1.54, 1.807) is 0 Å². The Kier molecular flexibility index (Phi) is 5.01. The summed E-state index contributed by atoms with van der Waals surface area (Å²) in [4.78, 5) is 17.0. The molecule has 0 radical (unpaired) electrons. The molecule has 1 aromatic heterocycles. The normalized spacial score (nSPS) is 23.6. The number of nitrogens with zero attached hydrogens (tertiary/aromatic N) is 2. The lowest BCUT2D eigenvalue weighted by Gasteiger charge is -2.40. The summed E-state index contributed by atoms with van der Waals surface area (Å²) in [6.45, 7) is 7.09. The van der Waals surface area contributed by atoms with E-state index >= 15 is 0 Å². The second-order valence-corrected chi connectivity index (χ2v) is 10.5. The average molecular weight is 433 g/mol. The van der Waals surface area contributed by atoms with Gasteiger partial charge in [-0.1, -0.05) is 32.9 Å². The van der Waals surface area contributed by atoms with Gasteiger partial charge in [0.25, 0.3) is 5.91 Å². The molecule has 0 saturated heterocycles. The molecule has 2 aliphatic carbocycles. The van der Waals surface area contributed by atoms with Crippen molar-refractivity contribution in [3.63, 3.8) is 0 Å². The van der Waals surface area contributed by atoms with Gasteiger partial charge in [0.05, 0.1) is 11.0 Å². The van der Waals surface area contributed by atoms with E-state index in [9.17, 15) is 9.90 Å². The zero-order valence-electron chi connectivity index (χ0n) is 19.1. The number of hydrogen-bond acceptors (Lipinski definition) is 4. The Morgan fingerprint density at radius 3 is 2.44 bits per heavy atom. The minimum Gasteiger partial charge on any atom is -0.380 e. The fraction of sp³-hybridized carbons (Fsp3) is 0.462. The number of imidazole rings is 1. The molecule has 2 aromatic carbocycles. The predicted octanol–water partition coefficient (Wildman–Crippen LogP) is 5.63. The molecule has 0 unspecified atom stereocenters. The standard InChI is InChI=1S/C26H32N4O2/c1-17-14-20(16-25(2,3)15-17)30-22-7-5-4-6-21(22)29-24(30)28-19-10-8-18(9-11-19)27-23(31)26(32)12-13-26/h4-11,17,20,32H,12-16H2,1-3H3,(H,27,31)(H,28,29)/t17-,20-/m0/s1. The van der Waals surface area contributed by atoms with E-state index in [-0.39, 0.29) is 5.91 Å². The molecule has 1 amide bonds. The quantitative estimate of drug-likeness (QED) is 0.488. The number of carbonyl (C=O) groups excluding carboxylic acids is 1. The molecule has 0 bridgehead atoms. The molecule has 1 heterocycles. The molecular formula is C26H32N4O2. The SMILES string of the molecule is C[C@H]1C[C@H](n2c(Nc3ccc(NC(=O)C4(O)CC4)cc3)nc3ccccc32)CC(C)(C)C1. The van der Waals surface area contributed by atoms with E-state index in [1.165, 1.54) is 6.42 Å². The van der Waals surface area contributed by atoms with Crippen molar-refractivity contribution in [1.82, 2.24) is 9.55 Å². The second kappa shape index (κ2) is 7.62. The number of aliphatic hydroxyl groups is 1. The van der Waals surface area contributed by atoms with Gasteiger partial charge in [0.1, 0.15) is 5.60 Å². The zero-order valence-corrected chi connectivity index (χ0v) is 19.1. The van der Waals surface area contributed by atoms with Crippen LogP contribution in [0.4, 0.5) is 17.3 Å². The summed E-state index contributed by atoms with van der Waals surface area (Å²) in [5.41, 5.74) is 2.87. The summed E-state index contributed by atoms with van der Waals surface area (Å²) in [6.07, 6.45) is 4.59. The number of rotatable bonds is 5. The van der Waals surface area contributed by atoms with Gasteiger partial charge in [-0.15, -0.1) is 0 Å². The number of amides is 1. The Hall–Kier alpha value is -2.86. The van der Waals surface area contributed by atoms with E-state index in [2.05, 4.69) is 54.2 Å². The third-order valence-corrected chi connectivity index (χ3v) is 6.87. The molecule has 2 atom stereocenters. The first-order chi connectivity index (χ1) is 15.2. The third-order valence-electron chi connectivity index (χ3n) is 6.87. The van der Waals surface area contributed by atoms with Crippen LogP contribution in [0.25, 0.3) is 11.0 Å². The second-order valence-electron chi connectivity index (χ2n) is 10.5. The van der Waals surface area contributed by atoms with Crippen LogP contribution in [0.3, 0.4) is 0 Å². The van der Waals surface area contributed by atoms with E-state index in [1.807, 2.05) is 30.3 Å². The molecule has 3 N–H and O–H groups in total. The molecular weight excluding hydrogens is 400 g/mol. The lowest BCUT2D eigenvalue weighted by atomic mass is 9.70. The highest BCUT2D eigenvalue weighted by molar-refractivity contribution is 5.99. The Morgan fingerprint density at radius 1 is 1.06 bits per heavy atom. The molecule has 2 saturated carbocycles. The zero-order chi connectivity index (χ0) is 22.5. The van der Waals surface area contributed by atoms with Gasteiger partial charge in [-0.3, -0.25) is 4.79 Å². The first kappa shape index (κ1) is 21.0. The van der Waals surface area contributed by atoms with Crippen molar-refractivity contribution in [2.24, 2.45) is 11.3 Å². The van der Waals surface area contributed by atoms with E-state index < -0.39 is 5.60 Å². The Labute approximate surface area is 189 Å². The van der Waals surface area contributed by atoms with Gasteiger partial charge >= 0.3 is 0 Å². The van der Waals surface area contributed by atoms with E-state index in [4.69, 9.17) is 4.98 Å². The number of hydrogen-bond donors (Lipinski definition) is 3. The number of benzene rings is 2. The first-order valence-electron chi connectivity index (χ1n) is 11.6. The van der Waals surface area contributed by atoms with Gasteiger partial charge in [0.2, 0.25) is 5.95 Å². The Bertz CT molecular complexity index is 1140. The van der Waals surface area contributed by atoms with Crippen molar-refractivity contribution in [3.8, 4) is 0 Å². The van der Waals surface area contributed by atoms with Crippen molar-refractivity contribution in [3.05, 3.63) is 48.5 Å². The van der Waals surface area contributed by atoms with Gasteiger partial charge in [0.15, 0.2) is 0 Å². The molecule has 0 spiro atoms. The van der Waals surface area contributed by atoms with Crippen molar-refractivity contribution in [1.29, 1.82) is 0 Å². The van der Waals surface area contributed by atoms with Crippen molar-refractivity contribution >= 4 is 34.3 Å². The molecule has 32 heavy (non-hydrogen) atoms. The Balaban J connectivity index is 1.42. The van der Waals surface area contributed by atoms with E-state index in [0.29, 0.717) is 35.9 Å². The smallest absolute Gasteiger partial charge is 0.256 e. The lowest BCUT2D eigenvalue weighted by molar-refractivity contribution is -0.125. The van der Waals surface area contributed by atoms with Crippen LogP contribution in [-0.2, 0) is 4.79 Å². The van der Waals surface area contributed by atoms with Crippen molar-refractivity contribution < 1.29 is 9.90 Å². The number of fused-ring (bicyclic) bond motifs is 1. The molecule has 2 fully saturated rings. The highest BCUT2D eigenvalue weighted by Gasteiger charge is 2.48. The number of carbonyl (C=O) groups is 1. The highest BCUT2D eigenvalue weighted by Crippen LogP contribution is 2.46. The monoisotopic (exact) mass is 432 g/mol.